The molecule has 0 aromatic carbocycles. The first-order chi connectivity index (χ1) is 8.74. The van der Waals surface area contributed by atoms with Gasteiger partial charge in [0.15, 0.2) is 5.65 Å². The molecule has 0 N–H and O–H groups in total. The summed E-state index contributed by atoms with van der Waals surface area (Å²) in [6, 6.07) is 6.08. The van der Waals surface area contributed by atoms with Crippen LogP contribution in [0.4, 0.5) is 0 Å². The topological polar surface area (TPSA) is 51.6 Å². The lowest BCUT2D eigenvalue weighted by atomic mass is 10.1. The average Bonchev–Trinajstić information content (AvgIpc) is 2.40. The van der Waals surface area contributed by atoms with Gasteiger partial charge in [0.2, 0.25) is 0 Å². The Morgan fingerprint density at radius 2 is 1.78 bits per heavy atom. The third-order valence-electron chi connectivity index (χ3n) is 2.89. The maximum absolute atomic E-state index is 4.40. The van der Waals surface area contributed by atoms with Gasteiger partial charge in [-0.1, -0.05) is 6.07 Å². The van der Waals surface area contributed by atoms with Crippen LogP contribution in [0.3, 0.4) is 0 Å². The van der Waals surface area contributed by atoms with Crippen LogP contribution in [0.2, 0.25) is 0 Å². The number of rotatable bonds is 1. The van der Waals surface area contributed by atoms with E-state index < -0.39 is 0 Å². The SMILES string of the molecule is Cc1ccc(-c2cnc3ncnc(C)c3c2)nc1. The molecule has 0 spiro atoms. The third-order valence-corrected chi connectivity index (χ3v) is 2.89. The highest BCUT2D eigenvalue weighted by molar-refractivity contribution is 5.81. The van der Waals surface area contributed by atoms with Gasteiger partial charge >= 0.3 is 0 Å². The molecule has 18 heavy (non-hydrogen) atoms. The van der Waals surface area contributed by atoms with Gasteiger partial charge in [0.1, 0.15) is 6.33 Å². The minimum atomic E-state index is 0.721. The van der Waals surface area contributed by atoms with Crippen LogP contribution in [-0.2, 0) is 0 Å². The predicted octanol–water partition coefficient (Wildman–Crippen LogP) is 2.70. The third kappa shape index (κ3) is 1.82. The monoisotopic (exact) mass is 236 g/mol. The van der Waals surface area contributed by atoms with Crippen LogP contribution in [0.5, 0.6) is 0 Å². The van der Waals surface area contributed by atoms with Crippen LogP contribution >= 0.6 is 0 Å². The fraction of sp³-hybridized carbons (Fsp3) is 0.143. The van der Waals surface area contributed by atoms with Crippen LogP contribution in [0.1, 0.15) is 11.3 Å². The fourth-order valence-electron chi connectivity index (χ4n) is 1.85. The van der Waals surface area contributed by atoms with Crippen molar-refractivity contribution in [1.82, 2.24) is 19.9 Å². The van der Waals surface area contributed by atoms with Crippen LogP contribution in [-0.4, -0.2) is 19.9 Å². The van der Waals surface area contributed by atoms with Crippen LogP contribution < -0.4 is 0 Å². The van der Waals surface area contributed by atoms with E-state index in [-0.39, 0.29) is 0 Å². The number of pyridine rings is 2. The van der Waals surface area contributed by atoms with E-state index in [0.29, 0.717) is 0 Å². The Labute approximate surface area is 105 Å². The van der Waals surface area contributed by atoms with E-state index in [0.717, 1.165) is 33.5 Å². The number of hydrogen-bond donors (Lipinski definition) is 0. The Bertz CT molecular complexity index is 705. The Hall–Kier alpha value is -2.36. The standard InChI is InChI=1S/C14H12N4/c1-9-3-4-13(15-6-9)11-5-12-10(2)17-8-18-14(12)16-7-11/h3-8H,1-2H3. The van der Waals surface area contributed by atoms with Gasteiger partial charge in [-0.3, -0.25) is 4.98 Å². The van der Waals surface area contributed by atoms with Crippen molar-refractivity contribution in [3.63, 3.8) is 0 Å². The Balaban J connectivity index is 2.18. The van der Waals surface area contributed by atoms with Crippen molar-refractivity contribution in [3.8, 4) is 11.3 Å². The van der Waals surface area contributed by atoms with E-state index in [1.807, 2.05) is 38.2 Å². The first kappa shape index (κ1) is 10.8. The summed E-state index contributed by atoms with van der Waals surface area (Å²) in [5, 5.41) is 0.970. The lowest BCUT2D eigenvalue weighted by Crippen LogP contribution is -1.92. The van der Waals surface area contributed by atoms with Crippen LogP contribution in [0.15, 0.2) is 36.9 Å². The zero-order chi connectivity index (χ0) is 12.5. The molecule has 0 saturated carbocycles. The van der Waals surface area contributed by atoms with E-state index in [9.17, 15) is 0 Å². The van der Waals surface area contributed by atoms with Gasteiger partial charge in [0, 0.05) is 23.3 Å². The summed E-state index contributed by atoms with van der Waals surface area (Å²) in [6.45, 7) is 3.98. The largest absolute Gasteiger partial charge is 0.256 e. The summed E-state index contributed by atoms with van der Waals surface area (Å²) in [6.07, 6.45) is 5.19. The second-order valence-electron chi connectivity index (χ2n) is 4.28. The zero-order valence-corrected chi connectivity index (χ0v) is 10.3. The molecular formula is C14H12N4. The first-order valence-electron chi connectivity index (χ1n) is 5.74. The highest BCUT2D eigenvalue weighted by Gasteiger charge is 2.05. The molecule has 0 aliphatic heterocycles. The van der Waals surface area contributed by atoms with Gasteiger partial charge in [-0.2, -0.15) is 0 Å². The highest BCUT2D eigenvalue weighted by Crippen LogP contribution is 2.21. The van der Waals surface area contributed by atoms with Gasteiger partial charge in [-0.15, -0.1) is 0 Å². The Morgan fingerprint density at radius 3 is 2.56 bits per heavy atom. The van der Waals surface area contributed by atoms with Gasteiger partial charge in [-0.25, -0.2) is 15.0 Å². The molecule has 0 radical (unpaired) electrons. The molecule has 4 heteroatoms. The van der Waals surface area contributed by atoms with Crippen molar-refractivity contribution in [2.75, 3.05) is 0 Å². The molecule has 3 aromatic heterocycles. The molecular weight excluding hydrogens is 224 g/mol. The van der Waals surface area contributed by atoms with Crippen molar-refractivity contribution >= 4 is 11.0 Å². The zero-order valence-electron chi connectivity index (χ0n) is 10.3. The van der Waals surface area contributed by atoms with Gasteiger partial charge < -0.3 is 0 Å². The summed E-state index contributed by atoms with van der Waals surface area (Å²) < 4.78 is 0. The molecule has 88 valence electrons. The molecule has 0 amide bonds. The number of aromatic nitrogens is 4. The van der Waals surface area contributed by atoms with Gasteiger partial charge in [-0.05, 0) is 31.5 Å². The quantitative estimate of drug-likeness (QED) is 0.651. The van der Waals surface area contributed by atoms with Crippen molar-refractivity contribution < 1.29 is 0 Å². The average molecular weight is 236 g/mol. The fourth-order valence-corrected chi connectivity index (χ4v) is 1.85. The van der Waals surface area contributed by atoms with Crippen molar-refractivity contribution in [2.24, 2.45) is 0 Å². The summed E-state index contributed by atoms with van der Waals surface area (Å²) in [4.78, 5) is 17.1. The maximum atomic E-state index is 4.40. The highest BCUT2D eigenvalue weighted by atomic mass is 14.9. The van der Waals surface area contributed by atoms with Gasteiger partial charge in [0.05, 0.1) is 11.4 Å². The van der Waals surface area contributed by atoms with E-state index >= 15 is 0 Å². The second-order valence-corrected chi connectivity index (χ2v) is 4.28. The van der Waals surface area contributed by atoms with Crippen molar-refractivity contribution in [2.45, 2.75) is 13.8 Å². The normalized spacial score (nSPS) is 10.8. The maximum Gasteiger partial charge on any atom is 0.162 e. The number of nitrogens with zero attached hydrogens (tertiary/aromatic N) is 4. The molecule has 4 nitrogen and oxygen atoms in total. The van der Waals surface area contributed by atoms with Crippen molar-refractivity contribution in [1.29, 1.82) is 0 Å². The molecule has 0 saturated heterocycles. The number of fused-ring (bicyclic) bond motifs is 1. The van der Waals surface area contributed by atoms with Gasteiger partial charge in [0.25, 0.3) is 0 Å². The van der Waals surface area contributed by atoms with E-state index in [1.54, 1.807) is 6.20 Å². The minimum absolute atomic E-state index is 0.721. The molecule has 3 heterocycles. The molecule has 3 rings (SSSR count). The van der Waals surface area contributed by atoms with Crippen LogP contribution in [0.25, 0.3) is 22.3 Å². The predicted molar refractivity (Wildman–Crippen MR) is 70.0 cm³/mol. The number of hydrogen-bond acceptors (Lipinski definition) is 4. The minimum Gasteiger partial charge on any atom is -0.256 e. The first-order valence-corrected chi connectivity index (χ1v) is 5.74. The Morgan fingerprint density at radius 1 is 0.889 bits per heavy atom. The number of aryl methyl sites for hydroxylation is 2. The van der Waals surface area contributed by atoms with E-state index in [4.69, 9.17) is 0 Å². The lowest BCUT2D eigenvalue weighted by Gasteiger charge is -2.04. The smallest absolute Gasteiger partial charge is 0.162 e. The summed E-state index contributed by atoms with van der Waals surface area (Å²) in [5.74, 6) is 0. The molecule has 0 fully saturated rings. The summed E-state index contributed by atoms with van der Waals surface area (Å²) in [7, 11) is 0. The Kier molecular flexibility index (Phi) is 2.48. The lowest BCUT2D eigenvalue weighted by molar-refractivity contribution is 1.12. The molecule has 0 bridgehead atoms. The molecule has 0 aliphatic rings. The van der Waals surface area contributed by atoms with Crippen molar-refractivity contribution in [3.05, 3.63) is 48.2 Å². The summed E-state index contributed by atoms with van der Waals surface area (Å²) in [5.41, 5.74) is 4.70. The molecule has 3 aromatic rings. The summed E-state index contributed by atoms with van der Waals surface area (Å²) >= 11 is 0. The van der Waals surface area contributed by atoms with Crippen LogP contribution in [0, 0.1) is 13.8 Å². The molecule has 0 aliphatic carbocycles. The molecule has 0 atom stereocenters. The molecule has 0 unspecified atom stereocenters. The van der Waals surface area contributed by atoms with E-state index in [1.165, 1.54) is 6.33 Å². The second kappa shape index (κ2) is 4.14. The van der Waals surface area contributed by atoms with E-state index in [2.05, 4.69) is 19.9 Å².